The molecular formula is C23H27F4N4O6P. The van der Waals surface area contributed by atoms with E-state index in [0.29, 0.717) is 27.7 Å². The lowest BCUT2D eigenvalue weighted by atomic mass is 9.77. The van der Waals surface area contributed by atoms with Gasteiger partial charge in [0, 0.05) is 24.3 Å². The summed E-state index contributed by atoms with van der Waals surface area (Å²) < 4.78 is 77.9. The fraction of sp³-hybridized carbons (Fsp3) is 0.522. The number of pyridine rings is 1. The van der Waals surface area contributed by atoms with Crippen molar-refractivity contribution in [1.82, 2.24) is 15.2 Å². The molecule has 1 aliphatic carbocycles. The minimum atomic E-state index is -4.86. The van der Waals surface area contributed by atoms with Gasteiger partial charge in [-0.3, -0.25) is 4.52 Å². The third kappa shape index (κ3) is 6.42. The summed E-state index contributed by atoms with van der Waals surface area (Å²) in [6.45, 7) is 5.00. The van der Waals surface area contributed by atoms with Crippen molar-refractivity contribution in [1.29, 1.82) is 0 Å². The first kappa shape index (κ1) is 28.2. The zero-order valence-corrected chi connectivity index (χ0v) is 21.9. The molecule has 38 heavy (non-hydrogen) atoms. The van der Waals surface area contributed by atoms with E-state index in [1.165, 1.54) is 6.07 Å². The van der Waals surface area contributed by atoms with Crippen molar-refractivity contribution >= 4 is 24.7 Å². The van der Waals surface area contributed by atoms with Crippen molar-refractivity contribution < 1.29 is 45.6 Å². The molecule has 10 nitrogen and oxygen atoms in total. The number of hydrogen-bond acceptors (Lipinski definition) is 8. The largest absolute Gasteiger partial charge is 0.484 e. The van der Waals surface area contributed by atoms with Gasteiger partial charge in [-0.15, -0.1) is 5.10 Å². The molecule has 0 aliphatic heterocycles. The quantitative estimate of drug-likeness (QED) is 0.247. The van der Waals surface area contributed by atoms with Crippen LogP contribution in [-0.4, -0.2) is 56.1 Å². The van der Waals surface area contributed by atoms with E-state index in [2.05, 4.69) is 25.0 Å². The lowest BCUT2D eigenvalue weighted by molar-refractivity contribution is -0.153. The molecule has 1 fully saturated rings. The van der Waals surface area contributed by atoms with Crippen molar-refractivity contribution in [3.05, 3.63) is 29.3 Å². The summed E-state index contributed by atoms with van der Waals surface area (Å²) >= 11 is 0. The maximum atomic E-state index is 13.3. The van der Waals surface area contributed by atoms with Crippen molar-refractivity contribution in [2.24, 2.45) is 0 Å². The van der Waals surface area contributed by atoms with Crippen LogP contribution in [0.2, 0.25) is 0 Å². The number of nitrogens with one attached hydrogen (secondary N) is 1. The number of anilines is 1. The molecule has 3 N–H and O–H groups in total. The van der Waals surface area contributed by atoms with Crippen molar-refractivity contribution in [2.45, 2.75) is 63.8 Å². The Morgan fingerprint density at radius 1 is 1.18 bits per heavy atom. The molecule has 0 saturated heterocycles. The molecule has 2 heterocycles. The van der Waals surface area contributed by atoms with E-state index in [0.717, 1.165) is 0 Å². The summed E-state index contributed by atoms with van der Waals surface area (Å²) in [5, 5.41) is 11.4. The molecule has 3 aromatic rings. The summed E-state index contributed by atoms with van der Waals surface area (Å²) in [5.41, 5.74) is 0.168. The van der Waals surface area contributed by atoms with Gasteiger partial charge in [0.15, 0.2) is 6.61 Å². The highest BCUT2D eigenvalue weighted by atomic mass is 31.2. The molecule has 1 saturated carbocycles. The summed E-state index contributed by atoms with van der Waals surface area (Å²) in [6, 6.07) is 4.29. The Kier molecular flexibility index (Phi) is 7.23. The second kappa shape index (κ2) is 9.74. The van der Waals surface area contributed by atoms with Crippen LogP contribution in [0.5, 0.6) is 5.75 Å². The van der Waals surface area contributed by atoms with Gasteiger partial charge in [-0.2, -0.15) is 13.2 Å². The topological polar surface area (TPSA) is 140 Å². The Morgan fingerprint density at radius 3 is 2.45 bits per heavy atom. The molecule has 1 aliphatic rings. The van der Waals surface area contributed by atoms with Crippen LogP contribution >= 0.6 is 7.82 Å². The van der Waals surface area contributed by atoms with E-state index in [1.807, 2.05) is 20.8 Å². The number of phosphoric ester groups is 1. The molecule has 0 spiro atoms. The van der Waals surface area contributed by atoms with Gasteiger partial charge in [0.25, 0.3) is 5.89 Å². The van der Waals surface area contributed by atoms with E-state index >= 15 is 0 Å². The molecule has 15 heteroatoms. The lowest BCUT2D eigenvalue weighted by Crippen LogP contribution is -2.53. The van der Waals surface area contributed by atoms with Crippen LogP contribution in [0.25, 0.3) is 22.5 Å². The normalized spacial score (nSPS) is 20.4. The molecule has 2 aromatic heterocycles. The van der Waals surface area contributed by atoms with Crippen LogP contribution in [-0.2, 0) is 14.5 Å². The van der Waals surface area contributed by atoms with Crippen molar-refractivity contribution in [3.63, 3.8) is 0 Å². The van der Waals surface area contributed by atoms with E-state index in [9.17, 15) is 22.1 Å². The Labute approximate surface area is 215 Å². The van der Waals surface area contributed by atoms with Crippen LogP contribution in [0.1, 0.15) is 44.7 Å². The Hall–Kier alpha value is -2.80. The molecule has 208 valence electrons. The van der Waals surface area contributed by atoms with Gasteiger partial charge in [-0.05, 0) is 41.7 Å². The molecule has 0 radical (unpaired) electrons. The predicted molar refractivity (Wildman–Crippen MR) is 129 cm³/mol. The van der Waals surface area contributed by atoms with E-state index in [-0.39, 0.29) is 30.5 Å². The first-order chi connectivity index (χ1) is 17.5. The van der Waals surface area contributed by atoms with Gasteiger partial charge in [0.05, 0.1) is 5.52 Å². The monoisotopic (exact) mass is 562 g/mol. The van der Waals surface area contributed by atoms with Crippen LogP contribution in [0, 0.1) is 6.92 Å². The highest BCUT2D eigenvalue weighted by molar-refractivity contribution is 7.46. The maximum absolute atomic E-state index is 13.3. The Balaban J connectivity index is 1.59. The van der Waals surface area contributed by atoms with E-state index in [4.69, 9.17) is 18.9 Å². The summed E-state index contributed by atoms with van der Waals surface area (Å²) in [7, 11) is -4.86. The summed E-state index contributed by atoms with van der Waals surface area (Å²) in [4.78, 5) is 22.7. The number of benzene rings is 1. The highest BCUT2D eigenvalue weighted by Gasteiger charge is 2.50. The van der Waals surface area contributed by atoms with Crippen LogP contribution in [0.4, 0.5) is 23.6 Å². The second-order valence-corrected chi connectivity index (χ2v) is 11.6. The number of hydrogen-bond donors (Lipinski definition) is 3. The summed E-state index contributed by atoms with van der Waals surface area (Å²) in [6.07, 6.45) is -4.52. The minimum absolute atomic E-state index is 0.000121. The van der Waals surface area contributed by atoms with Crippen molar-refractivity contribution in [3.8, 4) is 17.3 Å². The first-order valence-corrected chi connectivity index (χ1v) is 13.1. The first-order valence-electron chi connectivity index (χ1n) is 11.6. The third-order valence-electron chi connectivity index (χ3n) is 6.07. The van der Waals surface area contributed by atoms with Crippen LogP contribution in [0.15, 0.2) is 22.6 Å². The molecule has 0 bridgehead atoms. The Bertz CT molecular complexity index is 1380. The number of ether oxygens (including phenoxy) is 1. The predicted octanol–water partition coefficient (Wildman–Crippen LogP) is 5.22. The smallest absolute Gasteiger partial charge is 0.470 e. The molecule has 0 unspecified atom stereocenters. The average Bonchev–Trinajstić information content (AvgIpc) is 3.22. The molecule has 4 rings (SSSR count). The second-order valence-electron chi connectivity index (χ2n) is 10.4. The van der Waals surface area contributed by atoms with Gasteiger partial charge in [0.2, 0.25) is 0 Å². The number of halogens is 4. The van der Waals surface area contributed by atoms with Crippen LogP contribution in [0.3, 0.4) is 0 Å². The van der Waals surface area contributed by atoms with Crippen LogP contribution < -0.4 is 10.1 Å². The molecule has 0 amide bonds. The minimum Gasteiger partial charge on any atom is -0.484 e. The molecular weight excluding hydrogens is 535 g/mol. The Morgan fingerprint density at radius 2 is 1.87 bits per heavy atom. The van der Waals surface area contributed by atoms with Gasteiger partial charge in [0.1, 0.15) is 23.7 Å². The number of rotatable bonds is 8. The maximum Gasteiger partial charge on any atom is 0.470 e. The molecule has 1 aromatic carbocycles. The SMILES string of the molecule is Cc1cc(-c2nnc(N[C@H]3C[C@@](CF)(OP(=O)(O)O)C3)o2)nc2c(C(C)(C)C)cc(OCC(F)(F)F)cc12. The van der Waals surface area contributed by atoms with E-state index in [1.54, 1.807) is 19.1 Å². The van der Waals surface area contributed by atoms with Gasteiger partial charge >= 0.3 is 20.0 Å². The van der Waals surface area contributed by atoms with Gasteiger partial charge in [-0.1, -0.05) is 25.9 Å². The third-order valence-corrected chi connectivity index (χ3v) is 6.69. The van der Waals surface area contributed by atoms with E-state index < -0.39 is 44.3 Å². The van der Waals surface area contributed by atoms with Gasteiger partial charge < -0.3 is 24.3 Å². The number of aryl methyl sites for hydroxylation is 1. The van der Waals surface area contributed by atoms with Crippen molar-refractivity contribution in [2.75, 3.05) is 18.6 Å². The number of phosphoric acid groups is 1. The number of alkyl halides is 4. The molecule has 0 atom stereocenters. The van der Waals surface area contributed by atoms with Gasteiger partial charge in [-0.25, -0.2) is 13.9 Å². The lowest BCUT2D eigenvalue weighted by Gasteiger charge is -2.44. The zero-order valence-electron chi connectivity index (χ0n) is 21.0. The fourth-order valence-corrected chi connectivity index (χ4v) is 5.06. The highest BCUT2D eigenvalue weighted by Crippen LogP contribution is 2.50. The average molecular weight is 562 g/mol. The fourth-order valence-electron chi connectivity index (χ4n) is 4.35. The summed E-state index contributed by atoms with van der Waals surface area (Å²) in [5.74, 6) is 0.145. The number of aromatic nitrogens is 3. The number of fused-ring (bicyclic) bond motifs is 1. The number of nitrogens with zero attached hydrogens (tertiary/aromatic N) is 3. The zero-order chi connectivity index (χ0) is 28.1. The standard InChI is InChI=1S/C23H27F4N4O6P/c1-12-5-17(19-30-31-20(36-19)28-13-8-22(9-13,10-24)37-38(32,33)34)29-18-15(12)6-14(35-11-23(25,26)27)7-16(18)21(2,3)4/h5-7,13H,8-11H2,1-4H3,(H,28,31)(H2,32,33,34)/t13-,22+.